The lowest BCUT2D eigenvalue weighted by molar-refractivity contribution is 0.0420. The fourth-order valence-electron chi connectivity index (χ4n) is 1.59. The Balaban J connectivity index is 2.55. The fraction of sp³-hybridized carbons (Fsp3) is 0.538. The number of aliphatic hydroxyl groups excluding tert-OH is 3. The quantitative estimate of drug-likeness (QED) is 0.544. The molecule has 4 N–H and O–H groups in total. The number of rotatable bonds is 7. The van der Waals surface area contributed by atoms with Crippen molar-refractivity contribution in [3.8, 4) is 0 Å². The normalized spacial score (nSPS) is 13.6. The molecule has 4 heteroatoms. The van der Waals surface area contributed by atoms with Crippen LogP contribution in [0.4, 0.5) is 0 Å². The second-order valence-corrected chi connectivity index (χ2v) is 4.45. The van der Waals surface area contributed by atoms with Gasteiger partial charge in [0.05, 0.1) is 25.4 Å². The Labute approximate surface area is 102 Å². The molecule has 0 heterocycles. The highest BCUT2D eigenvalue weighted by molar-refractivity contribution is 5.19. The summed E-state index contributed by atoms with van der Waals surface area (Å²) in [5.41, 5.74) is 0.186. The Morgan fingerprint density at radius 1 is 1.06 bits per heavy atom. The van der Waals surface area contributed by atoms with Crippen molar-refractivity contribution in [2.45, 2.75) is 18.4 Å². The van der Waals surface area contributed by atoms with Crippen molar-refractivity contribution in [1.82, 2.24) is 5.32 Å². The summed E-state index contributed by atoms with van der Waals surface area (Å²) in [6.07, 6.45) is 0. The van der Waals surface area contributed by atoms with Gasteiger partial charge in [0.25, 0.3) is 0 Å². The van der Waals surface area contributed by atoms with Crippen LogP contribution in [-0.4, -0.2) is 47.2 Å². The molecule has 0 aliphatic carbocycles. The molecule has 0 saturated heterocycles. The molecule has 1 aromatic rings. The minimum atomic E-state index is -0.997. The monoisotopic (exact) mass is 239 g/mol. The summed E-state index contributed by atoms with van der Waals surface area (Å²) < 4.78 is 0. The molecule has 0 aliphatic heterocycles. The van der Waals surface area contributed by atoms with E-state index in [0.29, 0.717) is 6.54 Å². The van der Waals surface area contributed by atoms with Crippen LogP contribution in [0.1, 0.15) is 18.4 Å². The lowest BCUT2D eigenvalue weighted by Crippen LogP contribution is -2.55. The van der Waals surface area contributed by atoms with Gasteiger partial charge in [0.15, 0.2) is 0 Å². The van der Waals surface area contributed by atoms with Crippen molar-refractivity contribution < 1.29 is 15.3 Å². The van der Waals surface area contributed by atoms with Crippen LogP contribution < -0.4 is 5.32 Å². The first-order valence-corrected chi connectivity index (χ1v) is 5.80. The molecule has 0 amide bonds. The van der Waals surface area contributed by atoms with Crippen LogP contribution in [-0.2, 0) is 0 Å². The van der Waals surface area contributed by atoms with Gasteiger partial charge in [0, 0.05) is 6.54 Å². The smallest absolute Gasteiger partial charge is 0.0881 e. The van der Waals surface area contributed by atoms with E-state index in [1.54, 1.807) is 0 Å². The first-order valence-electron chi connectivity index (χ1n) is 5.80. The third kappa shape index (κ3) is 3.78. The zero-order chi connectivity index (χ0) is 12.7. The van der Waals surface area contributed by atoms with E-state index < -0.39 is 5.54 Å². The third-order valence-corrected chi connectivity index (χ3v) is 3.06. The highest BCUT2D eigenvalue weighted by Crippen LogP contribution is 2.14. The largest absolute Gasteiger partial charge is 0.394 e. The minimum Gasteiger partial charge on any atom is -0.394 e. The van der Waals surface area contributed by atoms with Crippen molar-refractivity contribution in [2.24, 2.45) is 0 Å². The fourth-order valence-corrected chi connectivity index (χ4v) is 1.59. The van der Waals surface area contributed by atoms with Crippen LogP contribution in [0.2, 0.25) is 0 Å². The van der Waals surface area contributed by atoms with Gasteiger partial charge in [0.2, 0.25) is 0 Å². The van der Waals surface area contributed by atoms with Crippen molar-refractivity contribution in [1.29, 1.82) is 0 Å². The van der Waals surface area contributed by atoms with Crippen molar-refractivity contribution in [3.63, 3.8) is 0 Å². The number of hydrogen-bond acceptors (Lipinski definition) is 4. The molecule has 0 saturated carbocycles. The van der Waals surface area contributed by atoms with Gasteiger partial charge < -0.3 is 20.6 Å². The molecule has 0 fully saturated rings. The highest BCUT2D eigenvalue weighted by Gasteiger charge is 2.27. The summed E-state index contributed by atoms with van der Waals surface area (Å²) in [5, 5.41) is 30.6. The van der Waals surface area contributed by atoms with Crippen LogP contribution in [0.3, 0.4) is 0 Å². The summed E-state index contributed by atoms with van der Waals surface area (Å²) in [6, 6.07) is 9.98. The van der Waals surface area contributed by atoms with Crippen LogP contribution in [0.15, 0.2) is 30.3 Å². The Bertz CT molecular complexity index is 303. The Morgan fingerprint density at radius 3 is 2.06 bits per heavy atom. The topological polar surface area (TPSA) is 72.7 Å². The molecule has 96 valence electrons. The molecule has 4 nitrogen and oxygen atoms in total. The van der Waals surface area contributed by atoms with Crippen molar-refractivity contribution in [2.75, 3.05) is 26.4 Å². The molecule has 17 heavy (non-hydrogen) atoms. The Kier molecular flexibility index (Phi) is 5.58. The van der Waals surface area contributed by atoms with E-state index in [0.717, 1.165) is 0 Å². The molecule has 1 rings (SSSR count). The predicted molar refractivity (Wildman–Crippen MR) is 66.8 cm³/mol. The average Bonchev–Trinajstić information content (AvgIpc) is 2.41. The van der Waals surface area contributed by atoms with Gasteiger partial charge in [-0.15, -0.1) is 0 Å². The lowest BCUT2D eigenvalue weighted by Gasteiger charge is -2.30. The summed E-state index contributed by atoms with van der Waals surface area (Å²) in [5.74, 6) is 0.250. The van der Waals surface area contributed by atoms with E-state index in [2.05, 4.69) is 12.2 Å². The van der Waals surface area contributed by atoms with Crippen molar-refractivity contribution in [3.05, 3.63) is 35.9 Å². The maximum Gasteiger partial charge on any atom is 0.0881 e. The summed E-state index contributed by atoms with van der Waals surface area (Å²) in [6.45, 7) is 1.77. The number of benzene rings is 1. The summed E-state index contributed by atoms with van der Waals surface area (Å²) in [4.78, 5) is 0. The standard InChI is InChI=1S/C13H21NO3/c1-11(12-5-3-2-4-6-12)7-14-13(8-15,9-16)10-17/h2-6,11,14-17H,7-10H2,1H3. The molecular weight excluding hydrogens is 218 g/mol. The average molecular weight is 239 g/mol. The van der Waals surface area contributed by atoms with E-state index in [-0.39, 0.29) is 25.7 Å². The van der Waals surface area contributed by atoms with Crippen molar-refractivity contribution >= 4 is 0 Å². The predicted octanol–water partition coefficient (Wildman–Crippen LogP) is 0.0954. The second-order valence-electron chi connectivity index (χ2n) is 4.45. The number of nitrogens with one attached hydrogen (secondary N) is 1. The van der Waals surface area contributed by atoms with Gasteiger partial charge in [-0.3, -0.25) is 0 Å². The lowest BCUT2D eigenvalue weighted by atomic mass is 9.98. The zero-order valence-electron chi connectivity index (χ0n) is 10.1. The molecule has 0 aliphatic rings. The van der Waals surface area contributed by atoms with E-state index in [4.69, 9.17) is 0 Å². The Hall–Kier alpha value is -0.940. The van der Waals surface area contributed by atoms with Gasteiger partial charge in [-0.1, -0.05) is 37.3 Å². The molecule has 1 unspecified atom stereocenters. The van der Waals surface area contributed by atoms with E-state index >= 15 is 0 Å². The van der Waals surface area contributed by atoms with Gasteiger partial charge in [-0.2, -0.15) is 0 Å². The van der Waals surface area contributed by atoms with Gasteiger partial charge in [-0.25, -0.2) is 0 Å². The molecule has 0 radical (unpaired) electrons. The SMILES string of the molecule is CC(CNC(CO)(CO)CO)c1ccccc1. The maximum absolute atomic E-state index is 9.18. The first-order chi connectivity index (χ1) is 8.17. The second kappa shape index (κ2) is 6.71. The van der Waals surface area contributed by atoms with Gasteiger partial charge >= 0.3 is 0 Å². The molecule has 1 aromatic carbocycles. The van der Waals surface area contributed by atoms with Gasteiger partial charge in [-0.05, 0) is 11.5 Å². The highest BCUT2D eigenvalue weighted by atomic mass is 16.3. The molecule has 0 bridgehead atoms. The number of hydrogen-bond donors (Lipinski definition) is 4. The first kappa shape index (κ1) is 14.1. The summed E-state index contributed by atoms with van der Waals surface area (Å²) in [7, 11) is 0. The minimum absolute atomic E-state index is 0.250. The number of aliphatic hydroxyl groups is 3. The van der Waals surface area contributed by atoms with Crippen LogP contribution >= 0.6 is 0 Å². The molecule has 0 aromatic heterocycles. The van der Waals surface area contributed by atoms with E-state index in [1.165, 1.54) is 5.56 Å². The molecule has 0 spiro atoms. The molecule has 1 atom stereocenters. The summed E-state index contributed by atoms with van der Waals surface area (Å²) >= 11 is 0. The van der Waals surface area contributed by atoms with Crippen LogP contribution in [0.25, 0.3) is 0 Å². The van der Waals surface area contributed by atoms with Gasteiger partial charge in [0.1, 0.15) is 0 Å². The van der Waals surface area contributed by atoms with Crippen LogP contribution in [0.5, 0.6) is 0 Å². The van der Waals surface area contributed by atoms with Crippen LogP contribution in [0, 0.1) is 0 Å². The maximum atomic E-state index is 9.18. The van der Waals surface area contributed by atoms with E-state index in [9.17, 15) is 15.3 Å². The van der Waals surface area contributed by atoms with E-state index in [1.807, 2.05) is 30.3 Å². The third-order valence-electron chi connectivity index (χ3n) is 3.06. The Morgan fingerprint density at radius 2 is 1.59 bits per heavy atom. The molecular formula is C13H21NO3. The zero-order valence-corrected chi connectivity index (χ0v) is 10.1.